The molecule has 5 nitrogen and oxygen atoms in total. The van der Waals surface area contributed by atoms with Gasteiger partial charge >= 0.3 is 5.97 Å². The number of amides is 1. The SMILES string of the molecule is COC(=O)C1CN(C(=O)Cc2cccc(F)c2)c2ccccc2O1. The highest BCUT2D eigenvalue weighted by molar-refractivity contribution is 5.97. The van der Waals surface area contributed by atoms with Crippen LogP contribution in [-0.4, -0.2) is 31.6 Å². The molecule has 24 heavy (non-hydrogen) atoms. The van der Waals surface area contributed by atoms with Crippen molar-refractivity contribution >= 4 is 17.6 Å². The molecule has 1 heterocycles. The summed E-state index contributed by atoms with van der Waals surface area (Å²) >= 11 is 0. The third-order valence-corrected chi connectivity index (χ3v) is 3.78. The molecule has 2 aromatic rings. The molecule has 1 aliphatic heterocycles. The van der Waals surface area contributed by atoms with E-state index in [0.29, 0.717) is 17.0 Å². The van der Waals surface area contributed by atoms with Crippen LogP contribution in [-0.2, 0) is 20.7 Å². The molecule has 2 aromatic carbocycles. The summed E-state index contributed by atoms with van der Waals surface area (Å²) in [6.07, 6.45) is -0.860. The lowest BCUT2D eigenvalue weighted by Crippen LogP contribution is -2.48. The molecule has 0 aromatic heterocycles. The first-order chi connectivity index (χ1) is 11.6. The van der Waals surface area contributed by atoms with E-state index in [9.17, 15) is 14.0 Å². The van der Waals surface area contributed by atoms with Crippen molar-refractivity contribution in [2.24, 2.45) is 0 Å². The van der Waals surface area contributed by atoms with Gasteiger partial charge in [0.05, 0.1) is 25.8 Å². The molecule has 0 N–H and O–H groups in total. The highest BCUT2D eigenvalue weighted by Crippen LogP contribution is 2.33. The van der Waals surface area contributed by atoms with Crippen molar-refractivity contribution in [1.29, 1.82) is 0 Å². The number of esters is 1. The van der Waals surface area contributed by atoms with Crippen LogP contribution in [0.3, 0.4) is 0 Å². The molecule has 6 heteroatoms. The van der Waals surface area contributed by atoms with Crippen LogP contribution in [0.25, 0.3) is 0 Å². The highest BCUT2D eigenvalue weighted by atomic mass is 19.1. The summed E-state index contributed by atoms with van der Waals surface area (Å²) in [7, 11) is 1.27. The van der Waals surface area contributed by atoms with Crippen molar-refractivity contribution in [2.75, 3.05) is 18.6 Å². The number of halogens is 1. The number of carbonyl (C=O) groups excluding carboxylic acids is 2. The third-order valence-electron chi connectivity index (χ3n) is 3.78. The van der Waals surface area contributed by atoms with Crippen molar-refractivity contribution in [1.82, 2.24) is 0 Å². The van der Waals surface area contributed by atoms with E-state index in [-0.39, 0.29) is 18.9 Å². The van der Waals surface area contributed by atoms with Gasteiger partial charge in [-0.25, -0.2) is 9.18 Å². The van der Waals surface area contributed by atoms with Crippen LogP contribution in [0.15, 0.2) is 48.5 Å². The lowest BCUT2D eigenvalue weighted by molar-refractivity contribution is -0.148. The molecular formula is C18H16FNO4. The van der Waals surface area contributed by atoms with Crippen LogP contribution in [0.4, 0.5) is 10.1 Å². The standard InChI is InChI=1S/C18H16FNO4/c1-23-18(22)16-11-20(14-7-2-3-8-15(14)24-16)17(21)10-12-5-4-6-13(19)9-12/h2-9,16H,10-11H2,1H3. The minimum Gasteiger partial charge on any atom is -0.475 e. The first kappa shape index (κ1) is 16.0. The van der Waals surface area contributed by atoms with E-state index in [1.54, 1.807) is 36.4 Å². The summed E-state index contributed by atoms with van der Waals surface area (Å²) < 4.78 is 23.6. The molecule has 0 bridgehead atoms. The zero-order valence-electron chi connectivity index (χ0n) is 13.1. The zero-order valence-corrected chi connectivity index (χ0v) is 13.1. The van der Waals surface area contributed by atoms with E-state index in [1.807, 2.05) is 0 Å². The van der Waals surface area contributed by atoms with Crippen LogP contribution in [0.2, 0.25) is 0 Å². The van der Waals surface area contributed by atoms with Crippen molar-refractivity contribution in [3.63, 3.8) is 0 Å². The van der Waals surface area contributed by atoms with Gasteiger partial charge in [-0.3, -0.25) is 4.79 Å². The van der Waals surface area contributed by atoms with Crippen molar-refractivity contribution < 1.29 is 23.5 Å². The second-order valence-electron chi connectivity index (χ2n) is 5.41. The van der Waals surface area contributed by atoms with Gasteiger partial charge in [0.1, 0.15) is 11.6 Å². The van der Waals surface area contributed by atoms with Crippen LogP contribution in [0, 0.1) is 5.82 Å². The number of hydrogen-bond acceptors (Lipinski definition) is 4. The monoisotopic (exact) mass is 329 g/mol. The molecule has 1 aliphatic rings. The van der Waals surface area contributed by atoms with Crippen molar-refractivity contribution in [3.05, 3.63) is 59.9 Å². The second-order valence-corrected chi connectivity index (χ2v) is 5.41. The molecule has 1 atom stereocenters. The second kappa shape index (κ2) is 6.70. The summed E-state index contributed by atoms with van der Waals surface area (Å²) in [6.45, 7) is 0.0534. The van der Waals surface area contributed by atoms with Gasteiger partial charge in [0, 0.05) is 0 Å². The Balaban J connectivity index is 1.87. The van der Waals surface area contributed by atoms with Gasteiger partial charge in [-0.05, 0) is 29.8 Å². The van der Waals surface area contributed by atoms with E-state index < -0.39 is 17.9 Å². The number of fused-ring (bicyclic) bond motifs is 1. The summed E-state index contributed by atoms with van der Waals surface area (Å²) in [4.78, 5) is 26.0. The predicted octanol–water partition coefficient (Wildman–Crippen LogP) is 2.34. The Kier molecular flexibility index (Phi) is 4.46. The van der Waals surface area contributed by atoms with Gasteiger partial charge in [-0.1, -0.05) is 24.3 Å². The molecule has 0 spiro atoms. The van der Waals surface area contributed by atoms with Gasteiger partial charge in [0.2, 0.25) is 12.0 Å². The van der Waals surface area contributed by atoms with E-state index in [4.69, 9.17) is 9.47 Å². The summed E-state index contributed by atoms with van der Waals surface area (Å²) in [5.74, 6) is -0.750. The van der Waals surface area contributed by atoms with Gasteiger partial charge in [0.15, 0.2) is 0 Å². The molecule has 0 saturated carbocycles. The number of benzene rings is 2. The fourth-order valence-electron chi connectivity index (χ4n) is 2.64. The molecule has 0 radical (unpaired) electrons. The Morgan fingerprint density at radius 1 is 1.25 bits per heavy atom. The Morgan fingerprint density at radius 2 is 2.04 bits per heavy atom. The minimum atomic E-state index is -0.888. The van der Waals surface area contributed by atoms with Crippen LogP contribution < -0.4 is 9.64 Å². The van der Waals surface area contributed by atoms with Crippen LogP contribution in [0.1, 0.15) is 5.56 Å². The average molecular weight is 329 g/mol. The molecular weight excluding hydrogens is 313 g/mol. The Bertz CT molecular complexity index is 777. The highest BCUT2D eigenvalue weighted by Gasteiger charge is 2.34. The summed E-state index contributed by atoms with van der Waals surface area (Å²) in [5, 5.41) is 0. The average Bonchev–Trinajstić information content (AvgIpc) is 2.60. The maximum atomic E-state index is 13.3. The normalized spacial score (nSPS) is 16.1. The fraction of sp³-hybridized carbons (Fsp3) is 0.222. The van der Waals surface area contributed by atoms with Gasteiger partial charge in [-0.15, -0.1) is 0 Å². The summed E-state index contributed by atoms with van der Waals surface area (Å²) in [5.41, 5.74) is 1.15. The number of methoxy groups -OCH3 is 1. The maximum Gasteiger partial charge on any atom is 0.348 e. The largest absolute Gasteiger partial charge is 0.475 e. The topological polar surface area (TPSA) is 55.8 Å². The number of ether oxygens (including phenoxy) is 2. The first-order valence-electron chi connectivity index (χ1n) is 7.47. The van der Waals surface area contributed by atoms with Crippen molar-refractivity contribution in [2.45, 2.75) is 12.5 Å². The Hall–Kier alpha value is -2.89. The fourth-order valence-corrected chi connectivity index (χ4v) is 2.64. The predicted molar refractivity (Wildman–Crippen MR) is 85.3 cm³/mol. The van der Waals surface area contributed by atoms with Gasteiger partial charge in [0.25, 0.3) is 0 Å². The number of rotatable bonds is 3. The quantitative estimate of drug-likeness (QED) is 0.811. The summed E-state index contributed by atoms with van der Waals surface area (Å²) in [6, 6.07) is 12.9. The number of para-hydroxylation sites is 2. The third kappa shape index (κ3) is 3.22. The number of carbonyl (C=O) groups is 2. The molecule has 0 fully saturated rings. The number of hydrogen-bond donors (Lipinski definition) is 0. The number of nitrogens with zero attached hydrogens (tertiary/aromatic N) is 1. The maximum absolute atomic E-state index is 13.3. The molecule has 124 valence electrons. The molecule has 0 aliphatic carbocycles. The molecule has 3 rings (SSSR count). The molecule has 1 amide bonds. The lowest BCUT2D eigenvalue weighted by Gasteiger charge is -2.33. The van der Waals surface area contributed by atoms with Crippen molar-refractivity contribution in [3.8, 4) is 5.75 Å². The van der Waals surface area contributed by atoms with Crippen LogP contribution >= 0.6 is 0 Å². The Labute approximate surface area is 138 Å². The van der Waals surface area contributed by atoms with Gasteiger partial charge < -0.3 is 14.4 Å². The smallest absolute Gasteiger partial charge is 0.348 e. The minimum absolute atomic E-state index is 0.0278. The van der Waals surface area contributed by atoms with E-state index >= 15 is 0 Å². The number of anilines is 1. The van der Waals surface area contributed by atoms with Crippen LogP contribution in [0.5, 0.6) is 5.75 Å². The Morgan fingerprint density at radius 3 is 2.79 bits per heavy atom. The first-order valence-corrected chi connectivity index (χ1v) is 7.47. The van der Waals surface area contributed by atoms with Gasteiger partial charge in [-0.2, -0.15) is 0 Å². The zero-order chi connectivity index (χ0) is 17.1. The molecule has 1 unspecified atom stereocenters. The lowest BCUT2D eigenvalue weighted by atomic mass is 10.1. The van der Waals surface area contributed by atoms with E-state index in [0.717, 1.165) is 0 Å². The van der Waals surface area contributed by atoms with E-state index in [1.165, 1.54) is 24.1 Å². The van der Waals surface area contributed by atoms with E-state index in [2.05, 4.69) is 0 Å². The molecule has 0 saturated heterocycles.